The molecule has 0 radical (unpaired) electrons. The van der Waals surface area contributed by atoms with Gasteiger partial charge in [0.05, 0.1) is 0 Å². The van der Waals surface area contributed by atoms with Crippen molar-refractivity contribution in [2.24, 2.45) is 0 Å². The van der Waals surface area contributed by atoms with Gasteiger partial charge < -0.3 is 0 Å². The number of hydrogen-bond donors (Lipinski definition) is 0. The molecule has 0 saturated heterocycles. The predicted octanol–water partition coefficient (Wildman–Crippen LogP) is 6.15. The Morgan fingerprint density at radius 1 is 0.750 bits per heavy atom. The first kappa shape index (κ1) is 18.5. The molecule has 0 unspecified atom stereocenters. The lowest BCUT2D eigenvalue weighted by atomic mass is 10.1. The second-order valence-electron chi connectivity index (χ2n) is 7.12. The van der Waals surface area contributed by atoms with Gasteiger partial charge in [-0.05, 0) is 50.1 Å². The van der Waals surface area contributed by atoms with E-state index in [9.17, 15) is 0 Å². The van der Waals surface area contributed by atoms with E-state index in [0.29, 0.717) is 0 Å². The summed E-state index contributed by atoms with van der Waals surface area (Å²) in [6.45, 7) is 6.32. The van der Waals surface area contributed by atoms with Crippen LogP contribution in [0.15, 0.2) is 78.0 Å². The smallest absolute Gasteiger partial charge is 0.196 e. The quantitative estimate of drug-likeness (QED) is 0.386. The van der Waals surface area contributed by atoms with Crippen molar-refractivity contribution in [3.8, 4) is 17.1 Å². The van der Waals surface area contributed by atoms with Crippen molar-refractivity contribution >= 4 is 11.8 Å². The Balaban J connectivity index is 1.74. The molecule has 0 aliphatic heterocycles. The summed E-state index contributed by atoms with van der Waals surface area (Å²) in [5.74, 6) is 1.73. The SMILES string of the molecule is Cc1ccc(CSc2nnc(-c3cccc(C)c3)n2-c2cccc(C)c2)cc1. The molecule has 4 rings (SSSR count). The molecule has 4 heteroatoms. The second-order valence-corrected chi connectivity index (χ2v) is 8.07. The lowest BCUT2D eigenvalue weighted by molar-refractivity contribution is 0.885. The Morgan fingerprint density at radius 2 is 1.46 bits per heavy atom. The van der Waals surface area contributed by atoms with E-state index < -0.39 is 0 Å². The van der Waals surface area contributed by atoms with E-state index in [1.165, 1.54) is 22.3 Å². The molecule has 0 N–H and O–H groups in total. The number of benzene rings is 3. The number of nitrogens with zero attached hydrogens (tertiary/aromatic N) is 3. The van der Waals surface area contributed by atoms with E-state index >= 15 is 0 Å². The van der Waals surface area contributed by atoms with E-state index in [1.807, 2.05) is 0 Å². The first-order chi connectivity index (χ1) is 13.6. The normalized spacial score (nSPS) is 11.0. The van der Waals surface area contributed by atoms with Crippen molar-refractivity contribution < 1.29 is 0 Å². The minimum absolute atomic E-state index is 0.859. The van der Waals surface area contributed by atoms with Gasteiger partial charge in [-0.1, -0.05) is 77.5 Å². The van der Waals surface area contributed by atoms with Crippen LogP contribution in [0.1, 0.15) is 22.3 Å². The van der Waals surface area contributed by atoms with Crippen molar-refractivity contribution in [1.29, 1.82) is 0 Å². The lowest BCUT2D eigenvalue weighted by Crippen LogP contribution is -2.00. The minimum Gasteiger partial charge on any atom is -0.270 e. The molecule has 1 heterocycles. The molecule has 0 saturated carbocycles. The Kier molecular flexibility index (Phi) is 5.31. The summed E-state index contributed by atoms with van der Waals surface area (Å²) in [5.41, 5.74) is 7.16. The van der Waals surface area contributed by atoms with Crippen LogP contribution in [0.2, 0.25) is 0 Å². The standard InChI is InChI=1S/C24H23N3S/c1-17-10-12-20(13-11-17)16-28-24-26-25-23(21-8-4-6-18(2)14-21)27(24)22-9-5-7-19(3)15-22/h4-15H,16H2,1-3H3. The number of aromatic nitrogens is 3. The van der Waals surface area contributed by atoms with Crippen LogP contribution in [0.25, 0.3) is 17.1 Å². The molecule has 0 aliphatic rings. The van der Waals surface area contributed by atoms with E-state index in [1.54, 1.807) is 11.8 Å². The molecule has 4 aromatic rings. The zero-order chi connectivity index (χ0) is 19.5. The Bertz CT molecular complexity index is 1100. The van der Waals surface area contributed by atoms with Crippen molar-refractivity contribution in [1.82, 2.24) is 14.8 Å². The van der Waals surface area contributed by atoms with Gasteiger partial charge in [-0.3, -0.25) is 4.57 Å². The average molecular weight is 386 g/mol. The van der Waals surface area contributed by atoms with Gasteiger partial charge in [0.25, 0.3) is 0 Å². The minimum atomic E-state index is 0.859. The first-order valence-corrected chi connectivity index (χ1v) is 10.4. The molecule has 0 spiro atoms. The summed E-state index contributed by atoms with van der Waals surface area (Å²) in [5, 5.41) is 9.99. The van der Waals surface area contributed by atoms with E-state index in [2.05, 4.69) is 108 Å². The van der Waals surface area contributed by atoms with E-state index in [4.69, 9.17) is 0 Å². The van der Waals surface area contributed by atoms with Gasteiger partial charge in [-0.25, -0.2) is 0 Å². The van der Waals surface area contributed by atoms with Crippen LogP contribution < -0.4 is 0 Å². The number of thioether (sulfide) groups is 1. The van der Waals surface area contributed by atoms with Crippen molar-refractivity contribution in [3.63, 3.8) is 0 Å². The summed E-state index contributed by atoms with van der Waals surface area (Å²) in [4.78, 5) is 0. The zero-order valence-corrected chi connectivity index (χ0v) is 17.2. The highest BCUT2D eigenvalue weighted by Crippen LogP contribution is 2.30. The van der Waals surface area contributed by atoms with Crippen LogP contribution in [0.3, 0.4) is 0 Å². The average Bonchev–Trinajstić information content (AvgIpc) is 3.11. The molecule has 0 atom stereocenters. The molecular weight excluding hydrogens is 362 g/mol. The highest BCUT2D eigenvalue weighted by atomic mass is 32.2. The van der Waals surface area contributed by atoms with Gasteiger partial charge in [0.2, 0.25) is 0 Å². The number of rotatable bonds is 5. The highest BCUT2D eigenvalue weighted by Gasteiger charge is 2.16. The molecule has 0 amide bonds. The van der Waals surface area contributed by atoms with Gasteiger partial charge in [0, 0.05) is 17.0 Å². The maximum Gasteiger partial charge on any atom is 0.196 e. The Labute approximate surface area is 170 Å². The zero-order valence-electron chi connectivity index (χ0n) is 16.4. The van der Waals surface area contributed by atoms with Gasteiger partial charge in [0.15, 0.2) is 11.0 Å². The summed E-state index contributed by atoms with van der Waals surface area (Å²) < 4.78 is 2.17. The lowest BCUT2D eigenvalue weighted by Gasteiger charge is -2.11. The molecule has 3 nitrogen and oxygen atoms in total. The third-order valence-corrected chi connectivity index (χ3v) is 5.66. The summed E-state index contributed by atoms with van der Waals surface area (Å²) in [6, 6.07) is 25.6. The van der Waals surface area contributed by atoms with Crippen LogP contribution in [0, 0.1) is 20.8 Å². The van der Waals surface area contributed by atoms with Crippen LogP contribution in [0.5, 0.6) is 0 Å². The van der Waals surface area contributed by atoms with Gasteiger partial charge >= 0.3 is 0 Å². The highest BCUT2D eigenvalue weighted by molar-refractivity contribution is 7.98. The van der Waals surface area contributed by atoms with Crippen LogP contribution in [-0.2, 0) is 5.75 Å². The van der Waals surface area contributed by atoms with Crippen molar-refractivity contribution in [2.75, 3.05) is 0 Å². The van der Waals surface area contributed by atoms with Crippen LogP contribution in [-0.4, -0.2) is 14.8 Å². The third-order valence-electron chi connectivity index (χ3n) is 4.66. The summed E-state index contributed by atoms with van der Waals surface area (Å²) in [7, 11) is 0. The molecule has 3 aromatic carbocycles. The molecule has 0 bridgehead atoms. The maximum absolute atomic E-state index is 4.55. The molecule has 0 aliphatic carbocycles. The topological polar surface area (TPSA) is 30.7 Å². The van der Waals surface area contributed by atoms with Gasteiger partial charge in [-0.2, -0.15) is 0 Å². The second kappa shape index (κ2) is 8.03. The summed E-state index contributed by atoms with van der Waals surface area (Å²) in [6.07, 6.45) is 0. The fourth-order valence-corrected chi connectivity index (χ4v) is 4.07. The van der Waals surface area contributed by atoms with Crippen molar-refractivity contribution in [3.05, 3.63) is 95.1 Å². The molecular formula is C24H23N3S. The number of hydrogen-bond acceptors (Lipinski definition) is 3. The fraction of sp³-hybridized carbons (Fsp3) is 0.167. The van der Waals surface area contributed by atoms with E-state index in [-0.39, 0.29) is 0 Å². The van der Waals surface area contributed by atoms with Gasteiger partial charge in [-0.15, -0.1) is 10.2 Å². The Morgan fingerprint density at radius 3 is 2.18 bits per heavy atom. The number of aryl methyl sites for hydroxylation is 3. The fourth-order valence-electron chi connectivity index (χ4n) is 3.17. The molecule has 28 heavy (non-hydrogen) atoms. The summed E-state index contributed by atoms with van der Waals surface area (Å²) >= 11 is 1.72. The monoisotopic (exact) mass is 385 g/mol. The van der Waals surface area contributed by atoms with Crippen LogP contribution >= 0.6 is 11.8 Å². The molecule has 1 aromatic heterocycles. The largest absolute Gasteiger partial charge is 0.270 e. The van der Waals surface area contributed by atoms with Gasteiger partial charge in [0.1, 0.15) is 0 Å². The predicted molar refractivity (Wildman–Crippen MR) is 117 cm³/mol. The molecule has 0 fully saturated rings. The third kappa shape index (κ3) is 4.02. The first-order valence-electron chi connectivity index (χ1n) is 9.38. The van der Waals surface area contributed by atoms with Crippen molar-refractivity contribution in [2.45, 2.75) is 31.7 Å². The van der Waals surface area contributed by atoms with E-state index in [0.717, 1.165) is 28.0 Å². The Hall–Kier alpha value is -2.85. The molecule has 140 valence electrons. The van der Waals surface area contributed by atoms with Crippen LogP contribution in [0.4, 0.5) is 0 Å². The maximum atomic E-state index is 4.55.